The summed E-state index contributed by atoms with van der Waals surface area (Å²) in [6.45, 7) is 1.73. The van der Waals surface area contributed by atoms with Gasteiger partial charge in [0.2, 0.25) is 10.0 Å². The van der Waals surface area contributed by atoms with Crippen molar-refractivity contribution in [3.05, 3.63) is 22.4 Å². The first-order valence-corrected chi connectivity index (χ1v) is 7.21. The molecule has 4 nitrogen and oxygen atoms in total. The highest BCUT2D eigenvalue weighted by Gasteiger charge is 2.09. The van der Waals surface area contributed by atoms with E-state index in [4.69, 9.17) is 0 Å². The lowest BCUT2D eigenvalue weighted by Gasteiger charge is -2.07. The predicted octanol–water partition coefficient (Wildman–Crippen LogP) is 2.25. The number of alkyl halides is 1. The third kappa shape index (κ3) is 3.21. The SMILES string of the molecule is Cc1nc(Br)ccc1NS(=O)(=O)CBr. The van der Waals surface area contributed by atoms with Crippen LogP contribution in [0.4, 0.5) is 5.69 Å². The second kappa shape index (κ2) is 4.59. The fraction of sp³-hybridized carbons (Fsp3) is 0.286. The first-order chi connectivity index (χ1) is 6.44. The molecule has 0 unspecified atom stereocenters. The van der Waals surface area contributed by atoms with Crippen LogP contribution in [0.2, 0.25) is 0 Å². The van der Waals surface area contributed by atoms with Gasteiger partial charge in [-0.1, -0.05) is 15.9 Å². The van der Waals surface area contributed by atoms with Crippen LogP contribution in [-0.2, 0) is 10.0 Å². The number of anilines is 1. The first-order valence-electron chi connectivity index (χ1n) is 3.64. The van der Waals surface area contributed by atoms with Crippen molar-refractivity contribution in [2.24, 2.45) is 0 Å². The minimum Gasteiger partial charge on any atom is -0.281 e. The molecule has 1 heterocycles. The van der Waals surface area contributed by atoms with Crippen molar-refractivity contribution in [2.45, 2.75) is 6.92 Å². The van der Waals surface area contributed by atoms with Gasteiger partial charge in [-0.2, -0.15) is 0 Å². The topological polar surface area (TPSA) is 59.1 Å². The van der Waals surface area contributed by atoms with Crippen molar-refractivity contribution in [1.29, 1.82) is 0 Å². The maximum atomic E-state index is 11.2. The molecule has 1 aromatic heterocycles. The van der Waals surface area contributed by atoms with E-state index in [-0.39, 0.29) is 4.66 Å². The molecule has 0 amide bonds. The summed E-state index contributed by atoms with van der Waals surface area (Å²) in [6.07, 6.45) is 0. The fourth-order valence-corrected chi connectivity index (χ4v) is 2.18. The van der Waals surface area contributed by atoms with E-state index in [1.54, 1.807) is 19.1 Å². The Morgan fingerprint density at radius 3 is 2.64 bits per heavy atom. The van der Waals surface area contributed by atoms with E-state index in [1.807, 2.05) is 0 Å². The van der Waals surface area contributed by atoms with Gasteiger partial charge < -0.3 is 0 Å². The molecule has 0 saturated heterocycles. The largest absolute Gasteiger partial charge is 0.281 e. The molecule has 78 valence electrons. The van der Waals surface area contributed by atoms with Gasteiger partial charge in [0.1, 0.15) is 9.27 Å². The van der Waals surface area contributed by atoms with E-state index in [9.17, 15) is 8.42 Å². The molecule has 0 spiro atoms. The van der Waals surface area contributed by atoms with Crippen LogP contribution < -0.4 is 4.72 Å². The van der Waals surface area contributed by atoms with Crippen LogP contribution in [0.3, 0.4) is 0 Å². The Hall–Kier alpha value is -0.140. The number of aromatic nitrogens is 1. The van der Waals surface area contributed by atoms with Crippen molar-refractivity contribution in [2.75, 3.05) is 9.38 Å². The molecule has 0 aliphatic carbocycles. The number of halogens is 2. The highest BCUT2D eigenvalue weighted by Crippen LogP contribution is 2.17. The Bertz CT molecular complexity index is 433. The average molecular weight is 344 g/mol. The van der Waals surface area contributed by atoms with E-state index < -0.39 is 10.0 Å². The minimum atomic E-state index is -3.30. The van der Waals surface area contributed by atoms with Crippen LogP contribution in [0.25, 0.3) is 0 Å². The second-order valence-electron chi connectivity index (χ2n) is 2.59. The van der Waals surface area contributed by atoms with Crippen LogP contribution in [0.1, 0.15) is 5.69 Å². The van der Waals surface area contributed by atoms with Crippen LogP contribution >= 0.6 is 31.9 Å². The fourth-order valence-electron chi connectivity index (χ4n) is 0.833. The monoisotopic (exact) mass is 342 g/mol. The number of nitrogens with zero attached hydrogens (tertiary/aromatic N) is 1. The van der Waals surface area contributed by atoms with Gasteiger partial charge in [0, 0.05) is 0 Å². The molecule has 14 heavy (non-hydrogen) atoms. The molecule has 0 aliphatic heterocycles. The van der Waals surface area contributed by atoms with Gasteiger partial charge in [-0.05, 0) is 35.0 Å². The highest BCUT2D eigenvalue weighted by molar-refractivity contribution is 9.11. The smallest absolute Gasteiger partial charge is 0.242 e. The number of nitrogens with one attached hydrogen (secondary N) is 1. The zero-order chi connectivity index (χ0) is 10.8. The van der Waals surface area contributed by atoms with Crippen molar-refractivity contribution in [1.82, 2.24) is 4.98 Å². The molecule has 1 rings (SSSR count). The Kier molecular flexibility index (Phi) is 3.91. The lowest BCUT2D eigenvalue weighted by Crippen LogP contribution is -2.14. The molecule has 0 bridgehead atoms. The van der Waals surface area contributed by atoms with Crippen molar-refractivity contribution >= 4 is 47.6 Å². The van der Waals surface area contributed by atoms with Gasteiger partial charge in [-0.25, -0.2) is 13.4 Å². The molecule has 1 N–H and O–H groups in total. The molecule has 7 heteroatoms. The summed E-state index contributed by atoms with van der Waals surface area (Å²) in [6, 6.07) is 3.34. The summed E-state index contributed by atoms with van der Waals surface area (Å²) in [5.74, 6) is 0. The zero-order valence-corrected chi connectivity index (χ0v) is 11.3. The minimum absolute atomic E-state index is 0.129. The first kappa shape index (κ1) is 11.9. The predicted molar refractivity (Wildman–Crippen MR) is 63.0 cm³/mol. The molecule has 0 aromatic carbocycles. The Balaban J connectivity index is 2.99. The van der Waals surface area contributed by atoms with E-state index in [1.165, 1.54) is 0 Å². The van der Waals surface area contributed by atoms with E-state index >= 15 is 0 Å². The third-order valence-electron chi connectivity index (χ3n) is 1.46. The summed E-state index contributed by atoms with van der Waals surface area (Å²) in [4.78, 5) is 4.07. The van der Waals surface area contributed by atoms with Gasteiger partial charge in [-0.3, -0.25) is 4.72 Å². The molecular formula is C7H8Br2N2O2S. The van der Waals surface area contributed by atoms with E-state index in [2.05, 4.69) is 41.6 Å². The molecular weight excluding hydrogens is 336 g/mol. The molecule has 0 atom stereocenters. The maximum Gasteiger partial charge on any atom is 0.242 e. The van der Waals surface area contributed by atoms with Crippen LogP contribution in [-0.4, -0.2) is 18.1 Å². The molecule has 0 radical (unpaired) electrons. The molecule has 1 aromatic rings. The number of hydrogen-bond acceptors (Lipinski definition) is 3. The number of sulfonamides is 1. The maximum absolute atomic E-state index is 11.2. The van der Waals surface area contributed by atoms with E-state index in [0.29, 0.717) is 16.0 Å². The standard InChI is InChI=1S/C7H8Br2N2O2S/c1-5-6(2-3-7(9)10-5)11-14(12,13)4-8/h2-3,11H,4H2,1H3. The quantitative estimate of drug-likeness (QED) is 0.676. The summed E-state index contributed by atoms with van der Waals surface area (Å²) in [7, 11) is -3.30. The summed E-state index contributed by atoms with van der Waals surface area (Å²) >= 11 is 6.08. The molecule has 0 fully saturated rings. The van der Waals surface area contributed by atoms with Gasteiger partial charge in [0.15, 0.2) is 0 Å². The Morgan fingerprint density at radius 1 is 1.50 bits per heavy atom. The molecule has 0 aliphatic rings. The van der Waals surface area contributed by atoms with Crippen molar-refractivity contribution < 1.29 is 8.42 Å². The lowest BCUT2D eigenvalue weighted by atomic mass is 10.3. The van der Waals surface area contributed by atoms with Crippen LogP contribution in [0, 0.1) is 6.92 Å². The average Bonchev–Trinajstić information content (AvgIpc) is 2.10. The number of pyridine rings is 1. The number of hydrogen-bond donors (Lipinski definition) is 1. The summed E-state index contributed by atoms with van der Waals surface area (Å²) in [5, 5.41) is 0. The number of rotatable bonds is 3. The summed E-state index contributed by atoms with van der Waals surface area (Å²) < 4.78 is 25.4. The Labute approximate surface area is 99.4 Å². The second-order valence-corrected chi connectivity index (χ2v) is 6.43. The highest BCUT2D eigenvalue weighted by atomic mass is 79.9. The zero-order valence-electron chi connectivity index (χ0n) is 7.29. The van der Waals surface area contributed by atoms with E-state index in [0.717, 1.165) is 0 Å². The van der Waals surface area contributed by atoms with Crippen molar-refractivity contribution in [3.63, 3.8) is 0 Å². The summed E-state index contributed by atoms with van der Waals surface area (Å²) in [5.41, 5.74) is 1.12. The van der Waals surface area contributed by atoms with Gasteiger partial charge in [0.25, 0.3) is 0 Å². The van der Waals surface area contributed by atoms with Gasteiger partial charge >= 0.3 is 0 Å². The number of aryl methyl sites for hydroxylation is 1. The third-order valence-corrected chi connectivity index (χ3v) is 4.53. The van der Waals surface area contributed by atoms with Crippen LogP contribution in [0.5, 0.6) is 0 Å². The van der Waals surface area contributed by atoms with Gasteiger partial charge in [-0.15, -0.1) is 0 Å². The van der Waals surface area contributed by atoms with Crippen LogP contribution in [0.15, 0.2) is 16.7 Å². The van der Waals surface area contributed by atoms with Gasteiger partial charge in [0.05, 0.1) is 11.4 Å². The Morgan fingerprint density at radius 2 is 2.14 bits per heavy atom. The van der Waals surface area contributed by atoms with Crippen molar-refractivity contribution in [3.8, 4) is 0 Å². The molecule has 0 saturated carbocycles. The lowest BCUT2D eigenvalue weighted by molar-refractivity contribution is 0.606. The normalized spacial score (nSPS) is 11.4.